The van der Waals surface area contributed by atoms with Crippen molar-refractivity contribution < 1.29 is 9.18 Å². The van der Waals surface area contributed by atoms with Crippen LogP contribution in [0.5, 0.6) is 0 Å². The maximum atomic E-state index is 13.2. The summed E-state index contributed by atoms with van der Waals surface area (Å²) in [6, 6.07) is 10.9. The van der Waals surface area contributed by atoms with Gasteiger partial charge in [-0.15, -0.1) is 0 Å². The van der Waals surface area contributed by atoms with Crippen LogP contribution in [0.15, 0.2) is 36.4 Å². The van der Waals surface area contributed by atoms with Crippen LogP contribution in [0.2, 0.25) is 0 Å². The van der Waals surface area contributed by atoms with Gasteiger partial charge < -0.3 is 0 Å². The zero-order valence-electron chi connectivity index (χ0n) is 11.8. The summed E-state index contributed by atoms with van der Waals surface area (Å²) in [5.74, 6) is 0.939. The van der Waals surface area contributed by atoms with Crippen molar-refractivity contribution in [3.8, 4) is 11.1 Å². The van der Waals surface area contributed by atoms with Crippen molar-refractivity contribution in [3.05, 3.63) is 58.9 Å². The van der Waals surface area contributed by atoms with Crippen molar-refractivity contribution >= 4 is 6.29 Å². The third kappa shape index (κ3) is 2.39. The van der Waals surface area contributed by atoms with E-state index in [0.717, 1.165) is 17.4 Å². The molecule has 2 aliphatic carbocycles. The van der Waals surface area contributed by atoms with Gasteiger partial charge in [0.15, 0.2) is 0 Å². The molecule has 0 aromatic heterocycles. The Bertz CT molecular complexity index is 661. The molecule has 2 heteroatoms. The molecule has 0 spiro atoms. The smallest absolute Gasteiger partial charge is 0.150 e. The van der Waals surface area contributed by atoms with Crippen molar-refractivity contribution in [1.82, 2.24) is 0 Å². The van der Waals surface area contributed by atoms with Crippen molar-refractivity contribution in [2.24, 2.45) is 0 Å². The van der Waals surface area contributed by atoms with Crippen molar-refractivity contribution in [1.29, 1.82) is 0 Å². The fourth-order valence-electron chi connectivity index (χ4n) is 3.16. The van der Waals surface area contributed by atoms with E-state index in [1.807, 2.05) is 24.3 Å². The summed E-state index contributed by atoms with van der Waals surface area (Å²) >= 11 is 0. The maximum Gasteiger partial charge on any atom is 0.150 e. The summed E-state index contributed by atoms with van der Waals surface area (Å²) in [5, 5.41) is 0. The number of aldehydes is 1. The molecule has 0 bridgehead atoms. The standard InChI is InChI=1S/C19H17FO/c20-16-7-5-15(6-8-16)19-17(13-1-2-13)9-12(11-21)10-18(19)14-3-4-14/h5-11,13-14H,1-4H2. The van der Waals surface area contributed by atoms with Gasteiger partial charge >= 0.3 is 0 Å². The van der Waals surface area contributed by atoms with E-state index < -0.39 is 0 Å². The van der Waals surface area contributed by atoms with Crippen LogP contribution in [0.4, 0.5) is 4.39 Å². The Labute approximate surface area is 123 Å². The van der Waals surface area contributed by atoms with Crippen LogP contribution >= 0.6 is 0 Å². The second-order valence-corrected chi connectivity index (χ2v) is 6.25. The monoisotopic (exact) mass is 280 g/mol. The van der Waals surface area contributed by atoms with Gasteiger partial charge in [0.05, 0.1) is 0 Å². The first-order valence-electron chi connectivity index (χ1n) is 7.65. The molecule has 0 aliphatic heterocycles. The third-order valence-electron chi connectivity index (χ3n) is 4.53. The van der Waals surface area contributed by atoms with Gasteiger partial charge in [-0.25, -0.2) is 4.39 Å². The molecule has 0 N–H and O–H groups in total. The lowest BCUT2D eigenvalue weighted by atomic mass is 9.88. The zero-order chi connectivity index (χ0) is 14.4. The summed E-state index contributed by atoms with van der Waals surface area (Å²) in [4.78, 5) is 11.2. The molecule has 4 rings (SSSR count). The fraction of sp³-hybridized carbons (Fsp3) is 0.316. The van der Waals surface area contributed by atoms with E-state index in [0.29, 0.717) is 11.8 Å². The minimum atomic E-state index is -0.204. The molecule has 2 fully saturated rings. The minimum absolute atomic E-state index is 0.204. The van der Waals surface area contributed by atoms with Crippen LogP contribution in [0.3, 0.4) is 0 Å². The second kappa shape index (κ2) is 4.80. The maximum absolute atomic E-state index is 13.2. The lowest BCUT2D eigenvalue weighted by Gasteiger charge is -2.16. The molecule has 0 amide bonds. The number of benzene rings is 2. The molecule has 2 aliphatic rings. The largest absolute Gasteiger partial charge is 0.298 e. The summed E-state index contributed by atoms with van der Waals surface area (Å²) in [5.41, 5.74) is 5.69. The molecule has 0 radical (unpaired) electrons. The van der Waals surface area contributed by atoms with E-state index in [1.165, 1.54) is 54.5 Å². The number of hydrogen-bond acceptors (Lipinski definition) is 1. The molecule has 21 heavy (non-hydrogen) atoms. The predicted molar refractivity (Wildman–Crippen MR) is 81.2 cm³/mol. The van der Waals surface area contributed by atoms with Crippen LogP contribution in [-0.4, -0.2) is 6.29 Å². The Hall–Kier alpha value is -1.96. The first-order chi connectivity index (χ1) is 10.3. The Morgan fingerprint density at radius 2 is 1.43 bits per heavy atom. The highest BCUT2D eigenvalue weighted by atomic mass is 19.1. The molecular formula is C19H17FO. The molecule has 0 unspecified atom stereocenters. The van der Waals surface area contributed by atoms with Crippen LogP contribution in [-0.2, 0) is 0 Å². The number of halogens is 1. The number of hydrogen-bond donors (Lipinski definition) is 0. The molecule has 2 aromatic carbocycles. The number of carbonyl (C=O) groups excluding carboxylic acids is 1. The summed E-state index contributed by atoms with van der Waals surface area (Å²) in [6.07, 6.45) is 5.73. The normalized spacial score (nSPS) is 17.8. The first kappa shape index (κ1) is 12.8. The van der Waals surface area contributed by atoms with E-state index in [4.69, 9.17) is 0 Å². The highest BCUT2D eigenvalue weighted by Gasteiger charge is 2.33. The molecule has 2 aromatic rings. The van der Waals surface area contributed by atoms with E-state index in [9.17, 15) is 9.18 Å². The van der Waals surface area contributed by atoms with E-state index in [2.05, 4.69) is 0 Å². The Kier molecular flexibility index (Phi) is 2.91. The van der Waals surface area contributed by atoms with Gasteiger partial charge in [0, 0.05) is 5.56 Å². The van der Waals surface area contributed by atoms with E-state index >= 15 is 0 Å². The number of rotatable bonds is 4. The van der Waals surface area contributed by atoms with E-state index in [1.54, 1.807) is 0 Å². The predicted octanol–water partition coefficient (Wildman–Crippen LogP) is 5.06. The van der Waals surface area contributed by atoms with Crippen LogP contribution in [0, 0.1) is 5.82 Å². The summed E-state index contributed by atoms with van der Waals surface area (Å²) < 4.78 is 13.2. The molecule has 0 heterocycles. The average Bonchev–Trinajstić information content (AvgIpc) is 3.40. The van der Waals surface area contributed by atoms with Crippen LogP contribution in [0.1, 0.15) is 59.0 Å². The van der Waals surface area contributed by atoms with Gasteiger partial charge in [0.2, 0.25) is 0 Å². The molecule has 0 saturated heterocycles. The number of carbonyl (C=O) groups is 1. The quantitative estimate of drug-likeness (QED) is 0.715. The van der Waals surface area contributed by atoms with Crippen molar-refractivity contribution in [3.63, 3.8) is 0 Å². The molecule has 106 valence electrons. The van der Waals surface area contributed by atoms with Gasteiger partial charge in [0.1, 0.15) is 12.1 Å². The lowest BCUT2D eigenvalue weighted by Crippen LogP contribution is -1.97. The van der Waals surface area contributed by atoms with Gasteiger partial charge in [-0.1, -0.05) is 12.1 Å². The Morgan fingerprint density at radius 3 is 1.86 bits per heavy atom. The fourth-order valence-corrected chi connectivity index (χ4v) is 3.16. The van der Waals surface area contributed by atoms with Crippen molar-refractivity contribution in [2.45, 2.75) is 37.5 Å². The van der Waals surface area contributed by atoms with Crippen molar-refractivity contribution in [2.75, 3.05) is 0 Å². The topological polar surface area (TPSA) is 17.1 Å². The van der Waals surface area contributed by atoms with Gasteiger partial charge in [0.25, 0.3) is 0 Å². The highest BCUT2D eigenvalue weighted by Crippen LogP contribution is 2.51. The van der Waals surface area contributed by atoms with Gasteiger partial charge in [-0.3, -0.25) is 4.79 Å². The van der Waals surface area contributed by atoms with Crippen LogP contribution in [0.25, 0.3) is 11.1 Å². The van der Waals surface area contributed by atoms with Gasteiger partial charge in [-0.2, -0.15) is 0 Å². The van der Waals surface area contributed by atoms with Crippen LogP contribution < -0.4 is 0 Å². The molecule has 1 nitrogen and oxygen atoms in total. The SMILES string of the molecule is O=Cc1cc(C2CC2)c(-c2ccc(F)cc2)c(C2CC2)c1. The Balaban J connectivity index is 1.93. The molecule has 0 atom stereocenters. The highest BCUT2D eigenvalue weighted by molar-refractivity contribution is 5.82. The lowest BCUT2D eigenvalue weighted by molar-refractivity contribution is 0.112. The Morgan fingerprint density at radius 1 is 0.905 bits per heavy atom. The average molecular weight is 280 g/mol. The van der Waals surface area contributed by atoms with Gasteiger partial charge in [-0.05, 0) is 84.0 Å². The molecule has 2 saturated carbocycles. The third-order valence-corrected chi connectivity index (χ3v) is 4.53. The second-order valence-electron chi connectivity index (χ2n) is 6.25. The zero-order valence-corrected chi connectivity index (χ0v) is 11.8. The minimum Gasteiger partial charge on any atom is -0.298 e. The summed E-state index contributed by atoms with van der Waals surface area (Å²) in [6.45, 7) is 0. The molecular weight excluding hydrogens is 263 g/mol. The first-order valence-corrected chi connectivity index (χ1v) is 7.65. The summed E-state index contributed by atoms with van der Waals surface area (Å²) in [7, 11) is 0. The van der Waals surface area contributed by atoms with E-state index in [-0.39, 0.29) is 5.82 Å².